The van der Waals surface area contributed by atoms with E-state index in [0.29, 0.717) is 0 Å². The molecule has 0 amide bonds. The zero-order valence-electron chi connectivity index (χ0n) is 14.7. The van der Waals surface area contributed by atoms with E-state index in [0.717, 1.165) is 17.7 Å². The van der Waals surface area contributed by atoms with Crippen LogP contribution in [0.2, 0.25) is 0 Å². The third-order valence-electron chi connectivity index (χ3n) is 5.19. The topological polar surface area (TPSA) is 12.9 Å². The molecular formula is C25H19N. The molecule has 124 valence electrons. The average molecular weight is 333 g/mol. The fourth-order valence-electron chi connectivity index (χ4n) is 3.91. The van der Waals surface area contributed by atoms with Crippen molar-refractivity contribution in [1.29, 1.82) is 0 Å². The van der Waals surface area contributed by atoms with Crippen LogP contribution < -0.4 is 0 Å². The number of aryl methyl sites for hydroxylation is 1. The van der Waals surface area contributed by atoms with Crippen LogP contribution in [0.1, 0.15) is 16.7 Å². The molecule has 1 heteroatoms. The lowest BCUT2D eigenvalue weighted by Crippen LogP contribution is -1.86. The smallest absolute Gasteiger partial charge is 0.0702 e. The summed E-state index contributed by atoms with van der Waals surface area (Å²) >= 11 is 0. The van der Waals surface area contributed by atoms with Crippen molar-refractivity contribution in [3.05, 3.63) is 102 Å². The van der Waals surface area contributed by atoms with Crippen molar-refractivity contribution in [1.82, 2.24) is 4.98 Å². The zero-order chi connectivity index (χ0) is 17.5. The Morgan fingerprint density at radius 3 is 2.27 bits per heavy atom. The molecule has 0 aliphatic heterocycles. The van der Waals surface area contributed by atoms with Crippen LogP contribution in [0.5, 0.6) is 0 Å². The van der Waals surface area contributed by atoms with E-state index in [2.05, 4.69) is 78.6 Å². The summed E-state index contributed by atoms with van der Waals surface area (Å²) in [4.78, 5) is 4.48. The highest BCUT2D eigenvalue weighted by molar-refractivity contribution is 5.81. The van der Waals surface area contributed by atoms with E-state index in [9.17, 15) is 0 Å². The number of hydrogen-bond acceptors (Lipinski definition) is 1. The van der Waals surface area contributed by atoms with Gasteiger partial charge in [0.05, 0.1) is 5.69 Å². The summed E-state index contributed by atoms with van der Waals surface area (Å²) in [6.45, 7) is 2.16. The van der Waals surface area contributed by atoms with E-state index in [-0.39, 0.29) is 0 Å². The molecule has 0 bridgehead atoms. The maximum atomic E-state index is 4.48. The first kappa shape index (κ1) is 15.1. The van der Waals surface area contributed by atoms with Crippen molar-refractivity contribution < 1.29 is 0 Å². The highest BCUT2D eigenvalue weighted by atomic mass is 14.7. The Labute approximate surface area is 154 Å². The second-order valence-electron chi connectivity index (χ2n) is 7.01. The van der Waals surface area contributed by atoms with Crippen LogP contribution in [-0.2, 0) is 6.42 Å². The molecule has 1 nitrogen and oxygen atoms in total. The molecule has 0 atom stereocenters. The minimum absolute atomic E-state index is 1.01. The second kappa shape index (κ2) is 5.96. The van der Waals surface area contributed by atoms with Gasteiger partial charge >= 0.3 is 0 Å². The SMILES string of the molecule is Cc1ccc2c(c1)Cc1cc(-c3cccc(-c4ccccn4)c3)ccc1-2. The number of rotatable bonds is 2. The van der Waals surface area contributed by atoms with Crippen molar-refractivity contribution in [2.24, 2.45) is 0 Å². The average Bonchev–Trinajstić information content (AvgIpc) is 3.05. The van der Waals surface area contributed by atoms with Crippen LogP contribution >= 0.6 is 0 Å². The fraction of sp³-hybridized carbons (Fsp3) is 0.0800. The van der Waals surface area contributed by atoms with Crippen molar-refractivity contribution in [3.8, 4) is 33.5 Å². The molecule has 0 saturated heterocycles. The summed E-state index contributed by atoms with van der Waals surface area (Å²) in [6, 6.07) is 28.3. The van der Waals surface area contributed by atoms with Gasteiger partial charge in [-0.15, -0.1) is 0 Å². The van der Waals surface area contributed by atoms with Gasteiger partial charge in [-0.1, -0.05) is 66.2 Å². The number of aromatic nitrogens is 1. The summed E-state index contributed by atoms with van der Waals surface area (Å²) in [7, 11) is 0. The Hall–Kier alpha value is -3.19. The van der Waals surface area contributed by atoms with Crippen LogP contribution in [0, 0.1) is 6.92 Å². The van der Waals surface area contributed by atoms with Crippen LogP contribution in [0.4, 0.5) is 0 Å². The van der Waals surface area contributed by atoms with E-state index in [1.807, 2.05) is 18.3 Å². The van der Waals surface area contributed by atoms with Gasteiger partial charge in [-0.25, -0.2) is 0 Å². The maximum absolute atomic E-state index is 4.48. The Balaban J connectivity index is 1.55. The molecule has 26 heavy (non-hydrogen) atoms. The van der Waals surface area contributed by atoms with E-state index in [1.54, 1.807) is 0 Å². The highest BCUT2D eigenvalue weighted by Gasteiger charge is 2.18. The molecule has 4 aromatic rings. The van der Waals surface area contributed by atoms with Gasteiger partial charge in [-0.2, -0.15) is 0 Å². The summed E-state index contributed by atoms with van der Waals surface area (Å²) in [5.41, 5.74) is 11.6. The fourth-order valence-corrected chi connectivity index (χ4v) is 3.91. The van der Waals surface area contributed by atoms with E-state index < -0.39 is 0 Å². The van der Waals surface area contributed by atoms with Crippen molar-refractivity contribution in [2.75, 3.05) is 0 Å². The highest BCUT2D eigenvalue weighted by Crippen LogP contribution is 2.39. The minimum Gasteiger partial charge on any atom is -0.256 e. The van der Waals surface area contributed by atoms with Gasteiger partial charge in [0, 0.05) is 11.8 Å². The maximum Gasteiger partial charge on any atom is 0.0702 e. The van der Waals surface area contributed by atoms with Gasteiger partial charge in [0.15, 0.2) is 0 Å². The standard InChI is InChI=1S/C25H19N/c1-17-8-10-23-21(13-17)16-22-15-19(9-11-24(22)23)18-5-4-6-20(14-18)25-7-2-3-12-26-25/h2-15H,16H2,1H3. The number of benzene rings is 3. The predicted octanol–water partition coefficient (Wildman–Crippen LogP) is 6.30. The molecule has 0 N–H and O–H groups in total. The summed E-state index contributed by atoms with van der Waals surface area (Å²) in [6.07, 6.45) is 2.87. The molecule has 1 aromatic heterocycles. The molecular weight excluding hydrogens is 314 g/mol. The van der Waals surface area contributed by atoms with E-state index in [1.165, 1.54) is 38.9 Å². The monoisotopic (exact) mass is 333 g/mol. The summed E-state index contributed by atoms with van der Waals surface area (Å²) < 4.78 is 0. The summed E-state index contributed by atoms with van der Waals surface area (Å²) in [5, 5.41) is 0. The second-order valence-corrected chi connectivity index (χ2v) is 7.01. The summed E-state index contributed by atoms with van der Waals surface area (Å²) in [5.74, 6) is 0. The van der Waals surface area contributed by atoms with Gasteiger partial charge in [0.2, 0.25) is 0 Å². The molecule has 5 rings (SSSR count). The lowest BCUT2D eigenvalue weighted by Gasteiger charge is -2.08. The largest absolute Gasteiger partial charge is 0.256 e. The third-order valence-corrected chi connectivity index (χ3v) is 5.19. The first-order valence-corrected chi connectivity index (χ1v) is 9.03. The molecule has 1 heterocycles. The van der Waals surface area contributed by atoms with Crippen molar-refractivity contribution in [3.63, 3.8) is 0 Å². The van der Waals surface area contributed by atoms with E-state index in [4.69, 9.17) is 0 Å². The van der Waals surface area contributed by atoms with Crippen molar-refractivity contribution >= 4 is 0 Å². The molecule has 3 aromatic carbocycles. The van der Waals surface area contributed by atoms with Crippen LogP contribution in [0.15, 0.2) is 85.1 Å². The van der Waals surface area contributed by atoms with Gasteiger partial charge in [-0.3, -0.25) is 4.98 Å². The molecule has 0 radical (unpaired) electrons. The van der Waals surface area contributed by atoms with Gasteiger partial charge in [0.1, 0.15) is 0 Å². The molecule has 0 spiro atoms. The van der Waals surface area contributed by atoms with Crippen LogP contribution in [0.25, 0.3) is 33.5 Å². The van der Waals surface area contributed by atoms with Gasteiger partial charge in [-0.05, 0) is 64.9 Å². The van der Waals surface area contributed by atoms with E-state index >= 15 is 0 Å². The Morgan fingerprint density at radius 1 is 0.654 bits per heavy atom. The zero-order valence-corrected chi connectivity index (χ0v) is 14.7. The molecule has 0 unspecified atom stereocenters. The minimum atomic E-state index is 1.01. The Bertz CT molecular complexity index is 1110. The Morgan fingerprint density at radius 2 is 1.42 bits per heavy atom. The third kappa shape index (κ3) is 2.53. The van der Waals surface area contributed by atoms with Gasteiger partial charge < -0.3 is 0 Å². The lowest BCUT2D eigenvalue weighted by molar-refractivity contribution is 1.25. The first-order valence-electron chi connectivity index (χ1n) is 9.03. The molecule has 1 aliphatic carbocycles. The Kier molecular flexibility index (Phi) is 3.46. The van der Waals surface area contributed by atoms with Gasteiger partial charge in [0.25, 0.3) is 0 Å². The number of hydrogen-bond donors (Lipinski definition) is 0. The first-order chi connectivity index (χ1) is 12.8. The van der Waals surface area contributed by atoms with Crippen LogP contribution in [-0.4, -0.2) is 4.98 Å². The predicted molar refractivity (Wildman–Crippen MR) is 108 cm³/mol. The van der Waals surface area contributed by atoms with Crippen molar-refractivity contribution in [2.45, 2.75) is 13.3 Å². The number of nitrogens with zero attached hydrogens (tertiary/aromatic N) is 1. The quantitative estimate of drug-likeness (QED) is 0.370. The normalized spacial score (nSPS) is 11.9. The number of pyridine rings is 1. The molecule has 0 saturated carbocycles. The molecule has 0 fully saturated rings. The number of fused-ring (bicyclic) bond motifs is 3. The lowest BCUT2D eigenvalue weighted by atomic mass is 9.97. The molecule has 1 aliphatic rings. The van der Waals surface area contributed by atoms with Crippen LogP contribution in [0.3, 0.4) is 0 Å².